The summed E-state index contributed by atoms with van der Waals surface area (Å²) in [5.74, 6) is 3.38. The Hall–Kier alpha value is -0.470. The molecule has 1 saturated heterocycles. The van der Waals surface area contributed by atoms with Gasteiger partial charge < -0.3 is 5.73 Å². The van der Waals surface area contributed by atoms with Crippen LogP contribution in [0.15, 0.2) is 24.3 Å². The SMILES string of the molecule is NC1(c2cccc(C3CSC3)c2)CC1. The van der Waals surface area contributed by atoms with Crippen LogP contribution < -0.4 is 5.73 Å². The lowest BCUT2D eigenvalue weighted by atomic mass is 9.96. The molecule has 1 heterocycles. The van der Waals surface area contributed by atoms with Crippen molar-refractivity contribution in [2.24, 2.45) is 5.73 Å². The first-order valence-electron chi connectivity index (χ1n) is 5.25. The van der Waals surface area contributed by atoms with E-state index in [9.17, 15) is 0 Å². The van der Waals surface area contributed by atoms with Crippen molar-refractivity contribution in [2.45, 2.75) is 24.3 Å². The normalized spacial score (nSPS) is 24.4. The minimum absolute atomic E-state index is 0.0346. The van der Waals surface area contributed by atoms with Gasteiger partial charge in [-0.2, -0.15) is 11.8 Å². The van der Waals surface area contributed by atoms with Gasteiger partial charge >= 0.3 is 0 Å². The number of benzene rings is 1. The van der Waals surface area contributed by atoms with Gasteiger partial charge in [-0.1, -0.05) is 24.3 Å². The smallest absolute Gasteiger partial charge is 0.0411 e. The fraction of sp³-hybridized carbons (Fsp3) is 0.500. The molecule has 0 spiro atoms. The number of hydrogen-bond acceptors (Lipinski definition) is 2. The standard InChI is InChI=1S/C12H15NS/c13-12(4-5-12)11-3-1-2-9(6-11)10-7-14-8-10/h1-3,6,10H,4-5,7-8,13H2. The number of thioether (sulfide) groups is 1. The zero-order chi connectivity index (χ0) is 9.60. The summed E-state index contributed by atoms with van der Waals surface area (Å²) < 4.78 is 0. The summed E-state index contributed by atoms with van der Waals surface area (Å²) in [5.41, 5.74) is 9.08. The molecule has 2 N–H and O–H groups in total. The zero-order valence-electron chi connectivity index (χ0n) is 8.20. The highest BCUT2D eigenvalue weighted by molar-refractivity contribution is 8.00. The molecule has 74 valence electrons. The Bertz CT molecular complexity index is 353. The van der Waals surface area contributed by atoms with Crippen LogP contribution in [0.1, 0.15) is 29.9 Å². The molecule has 3 rings (SSSR count). The molecule has 2 heteroatoms. The second kappa shape index (κ2) is 3.01. The predicted octanol–water partition coefficient (Wildman–Crippen LogP) is 2.46. The van der Waals surface area contributed by atoms with Crippen LogP contribution in [0.3, 0.4) is 0 Å². The first kappa shape index (κ1) is 8.81. The number of hydrogen-bond donors (Lipinski definition) is 1. The summed E-state index contributed by atoms with van der Waals surface area (Å²) in [5, 5.41) is 0. The van der Waals surface area contributed by atoms with Gasteiger partial charge in [-0.25, -0.2) is 0 Å². The molecule has 2 fully saturated rings. The van der Waals surface area contributed by atoms with Crippen LogP contribution in [0.4, 0.5) is 0 Å². The monoisotopic (exact) mass is 205 g/mol. The molecule has 0 radical (unpaired) electrons. The first-order valence-corrected chi connectivity index (χ1v) is 6.40. The average molecular weight is 205 g/mol. The molecule has 0 unspecified atom stereocenters. The van der Waals surface area contributed by atoms with E-state index in [0.29, 0.717) is 0 Å². The van der Waals surface area contributed by atoms with Crippen molar-refractivity contribution in [1.29, 1.82) is 0 Å². The lowest BCUT2D eigenvalue weighted by Crippen LogP contribution is -2.20. The van der Waals surface area contributed by atoms with Gasteiger partial charge in [0.25, 0.3) is 0 Å². The molecule has 1 aliphatic heterocycles. The van der Waals surface area contributed by atoms with Crippen LogP contribution >= 0.6 is 11.8 Å². The topological polar surface area (TPSA) is 26.0 Å². The third-order valence-corrected chi connectivity index (χ3v) is 4.64. The molecule has 1 aromatic rings. The first-order chi connectivity index (χ1) is 6.78. The van der Waals surface area contributed by atoms with E-state index < -0.39 is 0 Å². The van der Waals surface area contributed by atoms with Crippen LogP contribution in [-0.4, -0.2) is 11.5 Å². The Kier molecular flexibility index (Phi) is 1.89. The summed E-state index contributed by atoms with van der Waals surface area (Å²) in [6, 6.07) is 8.93. The lowest BCUT2D eigenvalue weighted by Gasteiger charge is -2.26. The Balaban J connectivity index is 1.91. The van der Waals surface area contributed by atoms with E-state index in [1.165, 1.54) is 22.6 Å². The van der Waals surface area contributed by atoms with E-state index in [1.54, 1.807) is 0 Å². The second-order valence-corrected chi connectivity index (χ2v) is 5.59. The molecule has 0 bridgehead atoms. The van der Waals surface area contributed by atoms with Crippen LogP contribution in [-0.2, 0) is 5.54 Å². The van der Waals surface area contributed by atoms with E-state index in [1.807, 2.05) is 11.8 Å². The third-order valence-electron chi connectivity index (χ3n) is 3.36. The second-order valence-electron chi connectivity index (χ2n) is 4.52. The van der Waals surface area contributed by atoms with E-state index in [2.05, 4.69) is 24.3 Å². The summed E-state index contributed by atoms with van der Waals surface area (Å²) in [6.07, 6.45) is 2.33. The van der Waals surface area contributed by atoms with E-state index in [0.717, 1.165) is 18.8 Å². The molecule has 1 aliphatic carbocycles. The number of rotatable bonds is 2. The summed E-state index contributed by atoms with van der Waals surface area (Å²) >= 11 is 2.04. The molecule has 1 aromatic carbocycles. The van der Waals surface area contributed by atoms with Crippen LogP contribution in [0.5, 0.6) is 0 Å². The van der Waals surface area contributed by atoms with Gasteiger partial charge in [0.05, 0.1) is 0 Å². The Labute approximate surface area is 89.1 Å². The summed E-state index contributed by atoms with van der Waals surface area (Å²) in [4.78, 5) is 0. The van der Waals surface area contributed by atoms with Gasteiger partial charge in [-0.05, 0) is 24.0 Å². The largest absolute Gasteiger partial charge is 0.321 e. The quantitative estimate of drug-likeness (QED) is 0.802. The highest BCUT2D eigenvalue weighted by atomic mass is 32.2. The van der Waals surface area contributed by atoms with Gasteiger partial charge in [0.2, 0.25) is 0 Å². The minimum Gasteiger partial charge on any atom is -0.321 e. The summed E-state index contributed by atoms with van der Waals surface area (Å²) in [7, 11) is 0. The molecule has 0 aromatic heterocycles. The van der Waals surface area contributed by atoms with Gasteiger partial charge in [0.15, 0.2) is 0 Å². The van der Waals surface area contributed by atoms with Crippen molar-refractivity contribution in [3.63, 3.8) is 0 Å². The fourth-order valence-electron chi connectivity index (χ4n) is 1.95. The lowest BCUT2D eigenvalue weighted by molar-refractivity contribution is 0.733. The van der Waals surface area contributed by atoms with E-state index >= 15 is 0 Å². The van der Waals surface area contributed by atoms with Crippen LogP contribution in [0.2, 0.25) is 0 Å². The number of nitrogens with two attached hydrogens (primary N) is 1. The Morgan fingerprint density at radius 1 is 1.29 bits per heavy atom. The van der Waals surface area contributed by atoms with Gasteiger partial charge in [0, 0.05) is 23.0 Å². The average Bonchev–Trinajstić information content (AvgIpc) is 2.83. The highest BCUT2D eigenvalue weighted by Crippen LogP contribution is 2.44. The van der Waals surface area contributed by atoms with Gasteiger partial charge in [0.1, 0.15) is 0 Å². The van der Waals surface area contributed by atoms with Crippen molar-refractivity contribution in [3.05, 3.63) is 35.4 Å². The molecule has 2 aliphatic rings. The fourth-order valence-corrected chi connectivity index (χ4v) is 2.81. The van der Waals surface area contributed by atoms with Crippen LogP contribution in [0, 0.1) is 0 Å². The molecule has 0 amide bonds. The molecular formula is C12H15NS. The van der Waals surface area contributed by atoms with E-state index in [4.69, 9.17) is 5.73 Å². The zero-order valence-corrected chi connectivity index (χ0v) is 9.02. The molecule has 0 atom stereocenters. The molecule has 1 nitrogen and oxygen atoms in total. The maximum absolute atomic E-state index is 6.19. The van der Waals surface area contributed by atoms with Crippen molar-refractivity contribution in [2.75, 3.05) is 11.5 Å². The van der Waals surface area contributed by atoms with Crippen molar-refractivity contribution < 1.29 is 0 Å². The molecular weight excluding hydrogens is 190 g/mol. The Morgan fingerprint density at radius 2 is 2.07 bits per heavy atom. The highest BCUT2D eigenvalue weighted by Gasteiger charge is 2.40. The maximum Gasteiger partial charge on any atom is 0.0411 e. The maximum atomic E-state index is 6.19. The Morgan fingerprint density at radius 3 is 2.64 bits per heavy atom. The van der Waals surface area contributed by atoms with Crippen molar-refractivity contribution in [1.82, 2.24) is 0 Å². The molecule has 14 heavy (non-hydrogen) atoms. The van der Waals surface area contributed by atoms with Gasteiger partial charge in [-0.3, -0.25) is 0 Å². The van der Waals surface area contributed by atoms with E-state index in [-0.39, 0.29) is 5.54 Å². The third kappa shape index (κ3) is 1.37. The minimum atomic E-state index is 0.0346. The summed E-state index contributed by atoms with van der Waals surface area (Å²) in [6.45, 7) is 0. The molecule has 1 saturated carbocycles. The predicted molar refractivity (Wildman–Crippen MR) is 61.6 cm³/mol. The van der Waals surface area contributed by atoms with Crippen molar-refractivity contribution >= 4 is 11.8 Å². The van der Waals surface area contributed by atoms with Crippen molar-refractivity contribution in [3.8, 4) is 0 Å². The van der Waals surface area contributed by atoms with Gasteiger partial charge in [-0.15, -0.1) is 0 Å². The van der Waals surface area contributed by atoms with Crippen LogP contribution in [0.25, 0.3) is 0 Å².